The van der Waals surface area contributed by atoms with Crippen LogP contribution in [0.25, 0.3) is 0 Å². The fourth-order valence-corrected chi connectivity index (χ4v) is 5.94. The van der Waals surface area contributed by atoms with Crippen molar-refractivity contribution in [2.75, 3.05) is 26.2 Å². The Balaban J connectivity index is 1.46. The summed E-state index contributed by atoms with van der Waals surface area (Å²) < 4.78 is 27.6. The van der Waals surface area contributed by atoms with Gasteiger partial charge in [-0.05, 0) is 23.6 Å². The average Bonchev–Trinajstić information content (AvgIpc) is 3.11. The third-order valence-electron chi connectivity index (χ3n) is 4.94. The normalized spacial score (nSPS) is 18.2. The predicted molar refractivity (Wildman–Crippen MR) is 101 cm³/mol. The van der Waals surface area contributed by atoms with Crippen molar-refractivity contribution in [2.24, 2.45) is 5.92 Å². The van der Waals surface area contributed by atoms with Crippen molar-refractivity contribution >= 4 is 27.3 Å². The molecule has 6 nitrogen and oxygen atoms in total. The van der Waals surface area contributed by atoms with E-state index < -0.39 is 10.0 Å². The summed E-state index contributed by atoms with van der Waals surface area (Å²) >= 11 is 1.11. The number of rotatable bonds is 5. The molecule has 1 fully saturated rings. The number of carbonyl (C=O) groups excluding carboxylic acids is 1. The van der Waals surface area contributed by atoms with Gasteiger partial charge in [-0.2, -0.15) is 4.31 Å². The fraction of sp³-hybridized carbons (Fsp3) is 0.389. The lowest BCUT2D eigenvalue weighted by molar-refractivity contribution is 0.0942. The van der Waals surface area contributed by atoms with Gasteiger partial charge >= 0.3 is 0 Å². The smallest absolute Gasteiger partial charge is 0.252 e. The van der Waals surface area contributed by atoms with Crippen molar-refractivity contribution in [1.29, 1.82) is 0 Å². The van der Waals surface area contributed by atoms with Gasteiger partial charge in [-0.3, -0.25) is 4.79 Å². The third kappa shape index (κ3) is 3.42. The van der Waals surface area contributed by atoms with Crippen molar-refractivity contribution in [3.63, 3.8) is 0 Å². The number of hydrogen-bond donors (Lipinski definition) is 2. The maximum atomic E-state index is 13.0. The molecule has 2 aliphatic heterocycles. The molecule has 0 radical (unpaired) electrons. The molecule has 26 heavy (non-hydrogen) atoms. The standard InChI is InChI=1S/C18H21N3O3S2/c22-18(20-10-13-8-19-9-13)16-7-17(25-12-16)26(23,24)21-6-5-14-3-1-2-4-15(14)11-21/h1-4,7,12-13,19H,5-6,8-11H2,(H,20,22). The molecule has 8 heteroatoms. The zero-order chi connectivity index (χ0) is 18.1. The molecule has 0 aliphatic carbocycles. The summed E-state index contributed by atoms with van der Waals surface area (Å²) in [6.45, 7) is 3.30. The van der Waals surface area contributed by atoms with E-state index >= 15 is 0 Å². The van der Waals surface area contributed by atoms with Gasteiger partial charge in [0.05, 0.1) is 5.56 Å². The molecule has 0 unspecified atom stereocenters. The average molecular weight is 392 g/mol. The van der Waals surface area contributed by atoms with Crippen LogP contribution in [0.1, 0.15) is 21.5 Å². The second kappa shape index (κ2) is 7.11. The summed E-state index contributed by atoms with van der Waals surface area (Å²) in [5.74, 6) is 0.257. The number of thiophene rings is 1. The first kappa shape index (κ1) is 17.7. The van der Waals surface area contributed by atoms with Crippen LogP contribution in [0, 0.1) is 5.92 Å². The molecular formula is C18H21N3O3S2. The second-order valence-corrected chi connectivity index (χ2v) is 9.82. The molecule has 2 aromatic rings. The van der Waals surface area contributed by atoms with Gasteiger partial charge in [0.2, 0.25) is 0 Å². The van der Waals surface area contributed by atoms with Crippen LogP contribution in [0.4, 0.5) is 0 Å². The topological polar surface area (TPSA) is 78.5 Å². The molecule has 1 amide bonds. The van der Waals surface area contributed by atoms with Crippen molar-refractivity contribution < 1.29 is 13.2 Å². The van der Waals surface area contributed by atoms with Gasteiger partial charge < -0.3 is 10.6 Å². The molecule has 0 spiro atoms. The molecule has 1 saturated heterocycles. The largest absolute Gasteiger partial charge is 0.352 e. The van der Waals surface area contributed by atoms with Crippen LogP contribution in [0.2, 0.25) is 0 Å². The van der Waals surface area contributed by atoms with E-state index in [0.717, 1.165) is 30.0 Å². The molecule has 0 saturated carbocycles. The second-order valence-electron chi connectivity index (χ2n) is 6.75. The van der Waals surface area contributed by atoms with E-state index in [4.69, 9.17) is 0 Å². The molecule has 1 aromatic carbocycles. The summed E-state index contributed by atoms with van der Waals surface area (Å²) in [5.41, 5.74) is 2.67. The highest BCUT2D eigenvalue weighted by Gasteiger charge is 2.30. The van der Waals surface area contributed by atoms with Gasteiger partial charge in [0.15, 0.2) is 0 Å². The predicted octanol–water partition coefficient (Wildman–Crippen LogP) is 1.44. The maximum absolute atomic E-state index is 13.0. The van der Waals surface area contributed by atoms with E-state index in [1.54, 1.807) is 5.38 Å². The van der Waals surface area contributed by atoms with Gasteiger partial charge in [-0.1, -0.05) is 24.3 Å². The lowest BCUT2D eigenvalue weighted by atomic mass is 10.0. The van der Waals surface area contributed by atoms with Crippen molar-refractivity contribution in [3.05, 3.63) is 52.4 Å². The summed E-state index contributed by atoms with van der Waals surface area (Å²) in [5, 5.41) is 7.66. The first-order valence-corrected chi connectivity index (χ1v) is 11.0. The number of fused-ring (bicyclic) bond motifs is 1. The highest BCUT2D eigenvalue weighted by molar-refractivity contribution is 7.91. The van der Waals surface area contributed by atoms with Crippen molar-refractivity contribution in [1.82, 2.24) is 14.9 Å². The summed E-state index contributed by atoms with van der Waals surface area (Å²) in [4.78, 5) is 12.2. The lowest BCUT2D eigenvalue weighted by Crippen LogP contribution is -2.48. The summed E-state index contributed by atoms with van der Waals surface area (Å²) in [7, 11) is -3.58. The van der Waals surface area contributed by atoms with Gasteiger partial charge in [0.1, 0.15) is 4.21 Å². The van der Waals surface area contributed by atoms with Gasteiger partial charge in [-0.25, -0.2) is 8.42 Å². The number of hydrogen-bond acceptors (Lipinski definition) is 5. The Bertz CT molecular complexity index is 919. The van der Waals surface area contributed by atoms with Gasteiger partial charge in [-0.15, -0.1) is 11.3 Å². The van der Waals surface area contributed by atoms with E-state index in [9.17, 15) is 13.2 Å². The number of carbonyl (C=O) groups is 1. The van der Waals surface area contributed by atoms with Crippen molar-refractivity contribution in [2.45, 2.75) is 17.2 Å². The number of nitrogens with zero attached hydrogens (tertiary/aromatic N) is 1. The number of sulfonamides is 1. The Labute approximate surface area is 157 Å². The molecule has 2 N–H and O–H groups in total. The van der Waals surface area contributed by atoms with E-state index in [1.165, 1.54) is 15.9 Å². The molecule has 0 atom stereocenters. The minimum Gasteiger partial charge on any atom is -0.352 e. The maximum Gasteiger partial charge on any atom is 0.252 e. The third-order valence-corrected chi connectivity index (χ3v) is 8.21. The van der Waals surface area contributed by atoms with Crippen LogP contribution in [0.5, 0.6) is 0 Å². The quantitative estimate of drug-likeness (QED) is 0.809. The molecule has 2 aliphatic rings. The van der Waals surface area contributed by atoms with Crippen LogP contribution in [0.3, 0.4) is 0 Å². The molecule has 0 bridgehead atoms. The molecule has 4 rings (SSSR count). The highest BCUT2D eigenvalue weighted by atomic mass is 32.2. The fourth-order valence-electron chi connectivity index (χ4n) is 3.21. The Morgan fingerprint density at radius 1 is 1.27 bits per heavy atom. The van der Waals surface area contributed by atoms with Gasteiger partial charge in [0, 0.05) is 44.0 Å². The number of nitrogens with one attached hydrogen (secondary N) is 2. The van der Waals surface area contributed by atoms with Crippen LogP contribution < -0.4 is 10.6 Å². The monoisotopic (exact) mass is 391 g/mol. The van der Waals surface area contributed by atoms with Crippen molar-refractivity contribution in [3.8, 4) is 0 Å². The Kier molecular flexibility index (Phi) is 4.83. The van der Waals surface area contributed by atoms with Crippen LogP contribution in [-0.2, 0) is 23.0 Å². The Morgan fingerprint density at radius 3 is 2.77 bits per heavy atom. The van der Waals surface area contributed by atoms with Crippen LogP contribution >= 0.6 is 11.3 Å². The first-order valence-electron chi connectivity index (χ1n) is 8.68. The minimum absolute atomic E-state index is 0.210. The lowest BCUT2D eigenvalue weighted by Gasteiger charge is -2.27. The van der Waals surface area contributed by atoms with E-state index in [-0.39, 0.29) is 10.1 Å². The Hall–Kier alpha value is -1.74. The highest BCUT2D eigenvalue weighted by Crippen LogP contribution is 2.28. The zero-order valence-corrected chi connectivity index (χ0v) is 15.9. The summed E-state index contributed by atoms with van der Waals surface area (Å²) in [6, 6.07) is 9.42. The molecule has 1 aromatic heterocycles. The molecule has 3 heterocycles. The van der Waals surface area contributed by atoms with Gasteiger partial charge in [0.25, 0.3) is 15.9 Å². The first-order chi connectivity index (χ1) is 12.5. The van der Waals surface area contributed by atoms with E-state index in [0.29, 0.717) is 37.5 Å². The van der Waals surface area contributed by atoms with Crippen LogP contribution in [0.15, 0.2) is 39.9 Å². The SMILES string of the molecule is O=C(NCC1CNC1)c1csc(S(=O)(=O)N2CCc3ccccc3C2)c1. The minimum atomic E-state index is -3.58. The number of amides is 1. The van der Waals surface area contributed by atoms with E-state index in [1.807, 2.05) is 24.3 Å². The van der Waals surface area contributed by atoms with Crippen LogP contribution in [-0.4, -0.2) is 44.8 Å². The number of benzene rings is 1. The molecular weight excluding hydrogens is 370 g/mol. The molecule has 138 valence electrons. The van der Waals surface area contributed by atoms with E-state index in [2.05, 4.69) is 10.6 Å². The summed E-state index contributed by atoms with van der Waals surface area (Å²) in [6.07, 6.45) is 0.712. The zero-order valence-electron chi connectivity index (χ0n) is 14.3. The Morgan fingerprint density at radius 2 is 2.04 bits per heavy atom.